The van der Waals surface area contributed by atoms with Gasteiger partial charge in [-0.05, 0) is 24.1 Å². The zero-order valence-corrected chi connectivity index (χ0v) is 20.7. The molecule has 0 unspecified atom stereocenters. The summed E-state index contributed by atoms with van der Waals surface area (Å²) in [7, 11) is 1.92. The van der Waals surface area contributed by atoms with E-state index in [2.05, 4.69) is 44.5 Å². The first-order valence-corrected chi connectivity index (χ1v) is 12.7. The molecule has 1 aromatic carbocycles. The lowest BCUT2D eigenvalue weighted by Gasteiger charge is -2.28. The number of morpholine rings is 1. The highest BCUT2D eigenvalue weighted by atomic mass is 32.1. The highest BCUT2D eigenvalue weighted by molar-refractivity contribution is 7.19. The molecular weight excluding hydrogens is 476 g/mol. The molecule has 0 atom stereocenters. The van der Waals surface area contributed by atoms with Crippen LogP contribution in [-0.2, 0) is 17.7 Å². The number of nitrogens with zero attached hydrogens (tertiary/aromatic N) is 6. The molecule has 5 heterocycles. The molecule has 3 N–H and O–H groups in total. The van der Waals surface area contributed by atoms with E-state index < -0.39 is 5.91 Å². The molecule has 0 saturated carbocycles. The molecule has 184 valence electrons. The first kappa shape index (κ1) is 22.6. The monoisotopic (exact) mass is 502 g/mol. The Morgan fingerprint density at radius 1 is 1.22 bits per heavy atom. The van der Waals surface area contributed by atoms with Crippen molar-refractivity contribution < 1.29 is 9.53 Å². The van der Waals surface area contributed by atoms with E-state index in [4.69, 9.17) is 20.4 Å². The van der Waals surface area contributed by atoms with Crippen LogP contribution in [0.25, 0.3) is 21.6 Å². The molecule has 1 fully saturated rings. The third-order valence-corrected chi connectivity index (χ3v) is 7.58. The molecule has 10 nitrogen and oxygen atoms in total. The maximum Gasteiger partial charge on any atom is 0.251 e. The fourth-order valence-corrected chi connectivity index (χ4v) is 5.82. The fraction of sp³-hybridized carbons (Fsp3) is 0.320. The Labute approximate surface area is 212 Å². The van der Waals surface area contributed by atoms with Crippen molar-refractivity contribution in [1.82, 2.24) is 19.9 Å². The first-order chi connectivity index (χ1) is 17.6. The van der Waals surface area contributed by atoms with E-state index in [9.17, 15) is 4.79 Å². The summed E-state index contributed by atoms with van der Waals surface area (Å²) in [6, 6.07) is 8.42. The van der Waals surface area contributed by atoms with Gasteiger partial charge < -0.3 is 25.6 Å². The van der Waals surface area contributed by atoms with Crippen LogP contribution >= 0.6 is 11.3 Å². The van der Waals surface area contributed by atoms with Crippen LogP contribution in [0, 0.1) is 0 Å². The molecule has 6 rings (SSSR count). The Hall–Kier alpha value is -3.83. The summed E-state index contributed by atoms with van der Waals surface area (Å²) in [5.74, 6) is 1.69. The van der Waals surface area contributed by atoms with Gasteiger partial charge in [-0.3, -0.25) is 4.79 Å². The molecule has 36 heavy (non-hydrogen) atoms. The predicted octanol–water partition coefficient (Wildman–Crippen LogP) is 2.69. The Bertz CT molecular complexity index is 1430. The van der Waals surface area contributed by atoms with Gasteiger partial charge >= 0.3 is 0 Å². The van der Waals surface area contributed by atoms with Crippen LogP contribution in [0.2, 0.25) is 0 Å². The van der Waals surface area contributed by atoms with Crippen molar-refractivity contribution in [1.29, 1.82) is 0 Å². The smallest absolute Gasteiger partial charge is 0.251 e. The predicted molar refractivity (Wildman–Crippen MR) is 141 cm³/mol. The van der Waals surface area contributed by atoms with Crippen LogP contribution in [0.3, 0.4) is 0 Å². The van der Waals surface area contributed by atoms with E-state index in [1.165, 1.54) is 23.6 Å². The maximum absolute atomic E-state index is 11.3. The quantitative estimate of drug-likeness (QED) is 0.410. The number of hydrogen-bond acceptors (Lipinski definition) is 10. The number of amides is 1. The van der Waals surface area contributed by atoms with Crippen molar-refractivity contribution in [2.75, 3.05) is 55.0 Å². The lowest BCUT2D eigenvalue weighted by molar-refractivity contribution is 0.0999. The average Bonchev–Trinajstić information content (AvgIpc) is 3.55. The molecule has 0 aliphatic carbocycles. The molecule has 2 aliphatic heterocycles. The Morgan fingerprint density at radius 3 is 2.81 bits per heavy atom. The number of nitrogens with one attached hydrogen (secondary N) is 1. The summed E-state index contributed by atoms with van der Waals surface area (Å²) in [5.41, 5.74) is 10.1. The summed E-state index contributed by atoms with van der Waals surface area (Å²) < 4.78 is 6.67. The minimum atomic E-state index is -0.543. The number of anilines is 3. The van der Waals surface area contributed by atoms with Gasteiger partial charge in [0, 0.05) is 55.2 Å². The van der Waals surface area contributed by atoms with Crippen molar-refractivity contribution in [2.45, 2.75) is 13.0 Å². The lowest BCUT2D eigenvalue weighted by atomic mass is 10.0. The van der Waals surface area contributed by atoms with E-state index in [1.807, 2.05) is 11.9 Å². The standard InChI is InChI=1S/C25H26N8O2S/c1-32(25-28-12-15(13-29-25)22(26)34)14-16-11-20-21(36-16)24(33-7-9-35-10-8-33)31-23(30-20)18-3-2-4-19-17(18)5-6-27-19/h2-4,11-13,27H,5-10,14H2,1H3,(H2,26,34). The summed E-state index contributed by atoms with van der Waals surface area (Å²) in [6.45, 7) is 4.50. The normalized spacial score (nSPS) is 15.1. The molecule has 0 radical (unpaired) electrons. The molecule has 3 aromatic heterocycles. The molecule has 1 saturated heterocycles. The highest BCUT2D eigenvalue weighted by Crippen LogP contribution is 2.37. The lowest BCUT2D eigenvalue weighted by Crippen LogP contribution is -2.36. The highest BCUT2D eigenvalue weighted by Gasteiger charge is 2.23. The second kappa shape index (κ2) is 9.32. The molecule has 0 spiro atoms. The van der Waals surface area contributed by atoms with E-state index in [0.29, 0.717) is 25.7 Å². The first-order valence-electron chi connectivity index (χ1n) is 11.9. The van der Waals surface area contributed by atoms with Gasteiger partial charge in [-0.1, -0.05) is 12.1 Å². The molecule has 0 bridgehead atoms. The van der Waals surface area contributed by atoms with E-state index in [1.54, 1.807) is 11.3 Å². The van der Waals surface area contributed by atoms with Gasteiger partial charge in [-0.15, -0.1) is 11.3 Å². The number of fused-ring (bicyclic) bond motifs is 2. The number of carbonyl (C=O) groups excluding carboxylic acids is 1. The van der Waals surface area contributed by atoms with Gasteiger partial charge in [0.25, 0.3) is 5.91 Å². The number of carbonyl (C=O) groups is 1. The van der Waals surface area contributed by atoms with Gasteiger partial charge in [-0.25, -0.2) is 19.9 Å². The van der Waals surface area contributed by atoms with Gasteiger partial charge in [0.1, 0.15) is 0 Å². The third-order valence-electron chi connectivity index (χ3n) is 6.48. The zero-order chi connectivity index (χ0) is 24.6. The van der Waals surface area contributed by atoms with Crippen molar-refractivity contribution in [2.24, 2.45) is 5.73 Å². The number of rotatable bonds is 6. The number of ether oxygens (including phenoxy) is 1. The number of primary amides is 1. The van der Waals surface area contributed by atoms with Crippen LogP contribution in [0.4, 0.5) is 17.5 Å². The summed E-state index contributed by atoms with van der Waals surface area (Å²) in [6.07, 6.45) is 3.87. The Kier molecular flexibility index (Phi) is 5.86. The van der Waals surface area contributed by atoms with E-state index in [0.717, 1.165) is 58.4 Å². The number of thiophene rings is 1. The van der Waals surface area contributed by atoms with Crippen LogP contribution < -0.4 is 20.9 Å². The summed E-state index contributed by atoms with van der Waals surface area (Å²) >= 11 is 1.69. The molecular formula is C25H26N8O2S. The molecule has 2 aliphatic rings. The SMILES string of the molecule is CN(Cc1cc2nc(-c3cccc4c3CCN4)nc(N3CCOCC3)c2s1)c1ncc(C(N)=O)cn1. The van der Waals surface area contributed by atoms with E-state index in [-0.39, 0.29) is 5.56 Å². The summed E-state index contributed by atoms with van der Waals surface area (Å²) in [5, 5.41) is 3.45. The zero-order valence-electron chi connectivity index (χ0n) is 19.9. The third kappa shape index (κ3) is 4.20. The molecule has 1 amide bonds. The van der Waals surface area contributed by atoms with Crippen molar-refractivity contribution in [3.8, 4) is 11.4 Å². The van der Waals surface area contributed by atoms with Crippen LogP contribution in [0.5, 0.6) is 0 Å². The molecule has 4 aromatic rings. The van der Waals surface area contributed by atoms with Crippen LogP contribution in [-0.4, -0.2) is 65.7 Å². The van der Waals surface area contributed by atoms with Crippen LogP contribution in [0.1, 0.15) is 20.8 Å². The van der Waals surface area contributed by atoms with Crippen molar-refractivity contribution in [3.05, 3.63) is 52.7 Å². The Balaban J connectivity index is 1.38. The Morgan fingerprint density at radius 2 is 2.03 bits per heavy atom. The van der Waals surface area contributed by atoms with Gasteiger partial charge in [0.05, 0.1) is 35.5 Å². The number of benzene rings is 1. The van der Waals surface area contributed by atoms with Gasteiger partial charge in [0.15, 0.2) is 11.6 Å². The van der Waals surface area contributed by atoms with Crippen molar-refractivity contribution >= 4 is 44.9 Å². The second-order valence-electron chi connectivity index (χ2n) is 8.90. The van der Waals surface area contributed by atoms with E-state index >= 15 is 0 Å². The summed E-state index contributed by atoms with van der Waals surface area (Å²) in [4.78, 5) is 35.4. The second-order valence-corrected chi connectivity index (χ2v) is 10.0. The van der Waals surface area contributed by atoms with Gasteiger partial charge in [0.2, 0.25) is 5.95 Å². The maximum atomic E-state index is 11.3. The number of nitrogens with two attached hydrogens (primary N) is 1. The van der Waals surface area contributed by atoms with Crippen LogP contribution in [0.15, 0.2) is 36.7 Å². The minimum Gasteiger partial charge on any atom is -0.384 e. The largest absolute Gasteiger partial charge is 0.384 e. The van der Waals surface area contributed by atoms with Crippen molar-refractivity contribution in [3.63, 3.8) is 0 Å². The number of aromatic nitrogens is 4. The number of hydrogen-bond donors (Lipinski definition) is 2. The topological polar surface area (TPSA) is 122 Å². The fourth-order valence-electron chi connectivity index (χ4n) is 4.66. The molecule has 11 heteroatoms. The average molecular weight is 503 g/mol. The minimum absolute atomic E-state index is 0.287. The van der Waals surface area contributed by atoms with Gasteiger partial charge in [-0.2, -0.15) is 0 Å².